The second-order valence-corrected chi connectivity index (χ2v) is 7.95. The number of ether oxygens (including phenoxy) is 1. The topological polar surface area (TPSA) is 79.4 Å². The van der Waals surface area contributed by atoms with Crippen molar-refractivity contribution in [1.29, 1.82) is 0 Å². The van der Waals surface area contributed by atoms with E-state index in [4.69, 9.17) is 9.72 Å². The van der Waals surface area contributed by atoms with E-state index in [0.717, 1.165) is 56.9 Å². The molecule has 2 N–H and O–H groups in total. The van der Waals surface area contributed by atoms with Gasteiger partial charge in [-0.3, -0.25) is 9.69 Å². The molecule has 1 unspecified atom stereocenters. The van der Waals surface area contributed by atoms with Gasteiger partial charge >= 0.3 is 0 Å². The predicted octanol–water partition coefficient (Wildman–Crippen LogP) is 1.74. The van der Waals surface area contributed by atoms with E-state index in [2.05, 4.69) is 32.7 Å². The molecule has 2 heterocycles. The van der Waals surface area contributed by atoms with Gasteiger partial charge in [0.1, 0.15) is 0 Å². The van der Waals surface area contributed by atoms with Crippen LogP contribution in [0.5, 0.6) is 0 Å². The summed E-state index contributed by atoms with van der Waals surface area (Å²) in [6, 6.07) is 10.1. The minimum atomic E-state index is -0.605. The van der Waals surface area contributed by atoms with Gasteiger partial charge in [0.2, 0.25) is 11.9 Å². The summed E-state index contributed by atoms with van der Waals surface area (Å²) >= 11 is 0. The number of carbonyl (C=O) groups is 1. The lowest BCUT2D eigenvalue weighted by Gasteiger charge is -2.28. The van der Waals surface area contributed by atoms with Crippen molar-refractivity contribution in [2.75, 3.05) is 44.7 Å². The van der Waals surface area contributed by atoms with Crippen LogP contribution < -0.4 is 10.6 Å². The Hall–Kier alpha value is -2.51. The molecule has 1 aliphatic heterocycles. The summed E-state index contributed by atoms with van der Waals surface area (Å²) in [5.74, 6) is 0.624. The van der Waals surface area contributed by atoms with Crippen molar-refractivity contribution in [1.82, 2.24) is 20.2 Å². The molecule has 1 aliphatic carbocycles. The highest BCUT2D eigenvalue weighted by molar-refractivity contribution is 5.88. The smallest absolute Gasteiger partial charge is 0.232 e. The fraction of sp³-hybridized carbons (Fsp3) is 0.500. The van der Waals surface area contributed by atoms with E-state index in [1.54, 1.807) is 0 Å². The number of aromatic nitrogens is 2. The van der Waals surface area contributed by atoms with Crippen LogP contribution in [-0.2, 0) is 27.9 Å². The largest absolute Gasteiger partial charge is 0.379 e. The molecule has 1 aromatic heterocycles. The zero-order valence-corrected chi connectivity index (χ0v) is 17.0. The van der Waals surface area contributed by atoms with Crippen LogP contribution in [0.4, 0.5) is 5.95 Å². The Morgan fingerprint density at radius 2 is 2.03 bits per heavy atom. The number of morpholine rings is 1. The molecule has 0 bridgehead atoms. The lowest BCUT2D eigenvalue weighted by atomic mass is 9.86. The number of fused-ring (bicyclic) bond motifs is 1. The van der Waals surface area contributed by atoms with Gasteiger partial charge in [0.05, 0.1) is 24.3 Å². The van der Waals surface area contributed by atoms with Crippen LogP contribution >= 0.6 is 0 Å². The predicted molar refractivity (Wildman–Crippen MR) is 112 cm³/mol. The van der Waals surface area contributed by atoms with Crippen LogP contribution in [0.15, 0.2) is 36.5 Å². The van der Waals surface area contributed by atoms with E-state index < -0.39 is 5.41 Å². The number of rotatable bonds is 7. The number of aryl methyl sites for hydroxylation is 1. The molecule has 4 rings (SSSR count). The van der Waals surface area contributed by atoms with Gasteiger partial charge in [-0.05, 0) is 30.9 Å². The normalized spacial score (nSPS) is 21.6. The molecule has 29 heavy (non-hydrogen) atoms. The Morgan fingerprint density at radius 3 is 2.83 bits per heavy atom. The van der Waals surface area contributed by atoms with Gasteiger partial charge in [-0.1, -0.05) is 30.3 Å². The molecule has 1 fully saturated rings. The van der Waals surface area contributed by atoms with Gasteiger partial charge in [-0.15, -0.1) is 0 Å². The number of nitrogens with one attached hydrogen (secondary N) is 2. The Labute approximate surface area is 171 Å². The number of hydrogen-bond acceptors (Lipinski definition) is 6. The van der Waals surface area contributed by atoms with Crippen molar-refractivity contribution >= 4 is 11.9 Å². The summed E-state index contributed by atoms with van der Waals surface area (Å²) < 4.78 is 5.37. The first-order chi connectivity index (χ1) is 14.1. The number of benzene rings is 1. The second-order valence-electron chi connectivity index (χ2n) is 7.95. The van der Waals surface area contributed by atoms with Crippen LogP contribution in [0.1, 0.15) is 30.2 Å². The number of hydrogen-bond donors (Lipinski definition) is 2. The molecule has 7 nitrogen and oxygen atoms in total. The maximum atomic E-state index is 13.0. The first-order valence-corrected chi connectivity index (χ1v) is 10.4. The second kappa shape index (κ2) is 8.88. The molecule has 7 heteroatoms. The Morgan fingerprint density at radius 1 is 1.24 bits per heavy atom. The van der Waals surface area contributed by atoms with Crippen molar-refractivity contribution in [2.45, 2.75) is 31.7 Å². The minimum absolute atomic E-state index is 0.0530. The molecule has 1 saturated heterocycles. The van der Waals surface area contributed by atoms with E-state index in [9.17, 15) is 4.79 Å². The van der Waals surface area contributed by atoms with E-state index in [0.29, 0.717) is 19.0 Å². The summed E-state index contributed by atoms with van der Waals surface area (Å²) in [6.45, 7) is 7.56. The lowest BCUT2D eigenvalue weighted by molar-refractivity contribution is -0.126. The summed E-state index contributed by atoms with van der Waals surface area (Å²) in [7, 11) is 0. The molecule has 1 atom stereocenters. The fourth-order valence-corrected chi connectivity index (χ4v) is 4.00. The van der Waals surface area contributed by atoms with Crippen molar-refractivity contribution in [3.05, 3.63) is 53.3 Å². The third-order valence-electron chi connectivity index (χ3n) is 5.89. The Kier molecular flexibility index (Phi) is 6.06. The molecular formula is C22H29N5O2. The average molecular weight is 396 g/mol. The van der Waals surface area contributed by atoms with Gasteiger partial charge in [0, 0.05) is 38.9 Å². The number of nitrogens with zero attached hydrogens (tertiary/aromatic N) is 3. The van der Waals surface area contributed by atoms with Crippen molar-refractivity contribution in [3.8, 4) is 0 Å². The Balaban J connectivity index is 1.38. The number of carbonyl (C=O) groups excluding carboxylic acids is 1. The average Bonchev–Trinajstić information content (AvgIpc) is 3.11. The van der Waals surface area contributed by atoms with Gasteiger partial charge in [0.15, 0.2) is 0 Å². The van der Waals surface area contributed by atoms with Crippen molar-refractivity contribution < 1.29 is 9.53 Å². The quantitative estimate of drug-likeness (QED) is 0.744. The molecule has 0 spiro atoms. The van der Waals surface area contributed by atoms with Crippen molar-refractivity contribution in [2.24, 2.45) is 0 Å². The molecule has 2 aromatic rings. The molecule has 2 aliphatic rings. The minimum Gasteiger partial charge on any atom is -0.379 e. The summed E-state index contributed by atoms with van der Waals surface area (Å²) in [6.07, 6.45) is 3.46. The van der Waals surface area contributed by atoms with Gasteiger partial charge < -0.3 is 15.4 Å². The summed E-state index contributed by atoms with van der Waals surface area (Å²) in [5.41, 5.74) is 2.49. The SMILES string of the molecule is CC1(C(=O)NCCN2CCOCC2)CCc2cnc(NCc3ccccc3)nc21. The highest BCUT2D eigenvalue weighted by Crippen LogP contribution is 2.37. The maximum absolute atomic E-state index is 13.0. The molecule has 154 valence electrons. The lowest BCUT2D eigenvalue weighted by Crippen LogP contribution is -2.46. The van der Waals surface area contributed by atoms with Crippen LogP contribution in [0.2, 0.25) is 0 Å². The van der Waals surface area contributed by atoms with Gasteiger partial charge in [-0.2, -0.15) is 0 Å². The zero-order chi connectivity index (χ0) is 20.1. The standard InChI is InChI=1S/C22H29N5O2/c1-22(20(28)23-9-10-27-11-13-29-14-12-27)8-7-18-16-25-21(26-19(18)22)24-15-17-5-3-2-4-6-17/h2-6,16H,7-15H2,1H3,(H,23,28)(H,24,25,26). The number of anilines is 1. The highest BCUT2D eigenvalue weighted by atomic mass is 16.5. The molecular weight excluding hydrogens is 366 g/mol. The van der Waals surface area contributed by atoms with E-state index in [1.165, 1.54) is 5.56 Å². The van der Waals surface area contributed by atoms with Crippen molar-refractivity contribution in [3.63, 3.8) is 0 Å². The van der Waals surface area contributed by atoms with E-state index >= 15 is 0 Å². The molecule has 0 radical (unpaired) electrons. The van der Waals surface area contributed by atoms with E-state index in [-0.39, 0.29) is 5.91 Å². The van der Waals surface area contributed by atoms with E-state index in [1.807, 2.05) is 31.3 Å². The highest BCUT2D eigenvalue weighted by Gasteiger charge is 2.42. The molecule has 1 aromatic carbocycles. The fourth-order valence-electron chi connectivity index (χ4n) is 4.00. The zero-order valence-electron chi connectivity index (χ0n) is 17.0. The Bertz CT molecular complexity index is 838. The maximum Gasteiger partial charge on any atom is 0.232 e. The molecule has 1 amide bonds. The van der Waals surface area contributed by atoms with Gasteiger partial charge in [0.25, 0.3) is 0 Å². The first-order valence-electron chi connectivity index (χ1n) is 10.4. The van der Waals surface area contributed by atoms with Crippen LogP contribution in [0, 0.1) is 0 Å². The van der Waals surface area contributed by atoms with Crippen LogP contribution in [0.3, 0.4) is 0 Å². The van der Waals surface area contributed by atoms with Crippen LogP contribution in [-0.4, -0.2) is 60.2 Å². The van der Waals surface area contributed by atoms with Crippen LogP contribution in [0.25, 0.3) is 0 Å². The monoisotopic (exact) mass is 395 g/mol. The summed E-state index contributed by atoms with van der Waals surface area (Å²) in [4.78, 5) is 24.5. The number of amides is 1. The first kappa shape index (κ1) is 19.8. The summed E-state index contributed by atoms with van der Waals surface area (Å²) in [5, 5.41) is 6.41. The third-order valence-corrected chi connectivity index (χ3v) is 5.89. The third kappa shape index (κ3) is 4.57. The molecule has 0 saturated carbocycles. The van der Waals surface area contributed by atoms with Gasteiger partial charge in [-0.25, -0.2) is 9.97 Å².